The van der Waals surface area contributed by atoms with Crippen molar-refractivity contribution in [3.8, 4) is 0 Å². The van der Waals surface area contributed by atoms with Crippen molar-refractivity contribution in [2.24, 2.45) is 5.92 Å². The van der Waals surface area contributed by atoms with Gasteiger partial charge in [0.25, 0.3) is 0 Å². The average molecular weight is 520 g/mol. The van der Waals surface area contributed by atoms with Crippen molar-refractivity contribution in [1.82, 2.24) is 14.5 Å². The van der Waals surface area contributed by atoms with Crippen molar-refractivity contribution in [2.45, 2.75) is 77.5 Å². The molecule has 38 heavy (non-hydrogen) atoms. The summed E-state index contributed by atoms with van der Waals surface area (Å²) in [6.07, 6.45) is 6.72. The SMILES string of the molecule is CN(C(=O)OC(C)(C)C)C1CCN(c2cc3c(cc2Nc2ccccc2)[nH]c(=O)n3CC2CCCCC2)C1. The van der Waals surface area contributed by atoms with Crippen LogP contribution in [0.3, 0.4) is 0 Å². The van der Waals surface area contributed by atoms with Crippen LogP contribution in [0.25, 0.3) is 11.0 Å². The fourth-order valence-electron chi connectivity index (χ4n) is 5.80. The number of H-pyrrole nitrogens is 1. The predicted octanol–water partition coefficient (Wildman–Crippen LogP) is 6.10. The summed E-state index contributed by atoms with van der Waals surface area (Å²) in [5.74, 6) is 0.546. The van der Waals surface area contributed by atoms with E-state index in [1.807, 2.05) is 62.7 Å². The van der Waals surface area contributed by atoms with Crippen LogP contribution in [-0.2, 0) is 11.3 Å². The molecular formula is C30H41N5O3. The Hall–Kier alpha value is -3.42. The van der Waals surface area contributed by atoms with E-state index in [-0.39, 0.29) is 17.8 Å². The number of carbonyl (C=O) groups is 1. The molecule has 2 fully saturated rings. The van der Waals surface area contributed by atoms with Gasteiger partial charge in [0.1, 0.15) is 5.60 Å². The number of hydrogen-bond acceptors (Lipinski definition) is 5. The summed E-state index contributed by atoms with van der Waals surface area (Å²) >= 11 is 0. The van der Waals surface area contributed by atoms with Gasteiger partial charge < -0.3 is 24.8 Å². The van der Waals surface area contributed by atoms with Gasteiger partial charge in [0, 0.05) is 32.4 Å². The normalized spacial score (nSPS) is 18.6. The number of nitrogens with zero attached hydrogens (tertiary/aromatic N) is 3. The molecular weight excluding hydrogens is 478 g/mol. The fraction of sp³-hybridized carbons (Fsp3) is 0.533. The van der Waals surface area contributed by atoms with E-state index < -0.39 is 5.60 Å². The van der Waals surface area contributed by atoms with Gasteiger partial charge in [0.2, 0.25) is 0 Å². The third-order valence-corrected chi connectivity index (χ3v) is 7.84. The third-order valence-electron chi connectivity index (χ3n) is 7.84. The van der Waals surface area contributed by atoms with Crippen molar-refractivity contribution in [3.63, 3.8) is 0 Å². The average Bonchev–Trinajstić information content (AvgIpc) is 3.48. The second kappa shape index (κ2) is 10.8. The Labute approximate surface area is 225 Å². The van der Waals surface area contributed by atoms with E-state index in [9.17, 15) is 9.59 Å². The van der Waals surface area contributed by atoms with Gasteiger partial charge in [-0.25, -0.2) is 9.59 Å². The van der Waals surface area contributed by atoms with E-state index in [1.165, 1.54) is 32.1 Å². The van der Waals surface area contributed by atoms with E-state index in [0.29, 0.717) is 12.5 Å². The first-order chi connectivity index (χ1) is 18.2. The van der Waals surface area contributed by atoms with Crippen molar-refractivity contribution in [2.75, 3.05) is 30.4 Å². The molecule has 2 aromatic carbocycles. The number of carbonyl (C=O) groups excluding carboxylic acids is 1. The molecule has 8 nitrogen and oxygen atoms in total. The zero-order valence-corrected chi connectivity index (χ0v) is 23.1. The molecule has 1 unspecified atom stereocenters. The van der Waals surface area contributed by atoms with Gasteiger partial charge in [-0.15, -0.1) is 0 Å². The molecule has 1 aliphatic carbocycles. The smallest absolute Gasteiger partial charge is 0.410 e. The summed E-state index contributed by atoms with van der Waals surface area (Å²) < 4.78 is 7.55. The van der Waals surface area contributed by atoms with Gasteiger partial charge in [0.05, 0.1) is 28.5 Å². The molecule has 8 heteroatoms. The Morgan fingerprint density at radius 2 is 1.84 bits per heavy atom. The second-order valence-corrected chi connectivity index (χ2v) is 11.9. The number of fused-ring (bicyclic) bond motifs is 1. The number of hydrogen-bond donors (Lipinski definition) is 2. The van der Waals surface area contributed by atoms with Gasteiger partial charge >= 0.3 is 11.8 Å². The molecule has 0 spiro atoms. The van der Waals surface area contributed by atoms with Crippen LogP contribution in [0.1, 0.15) is 59.3 Å². The van der Waals surface area contributed by atoms with E-state index in [2.05, 4.69) is 27.3 Å². The van der Waals surface area contributed by atoms with Crippen molar-refractivity contribution < 1.29 is 9.53 Å². The lowest BCUT2D eigenvalue weighted by atomic mass is 9.89. The lowest BCUT2D eigenvalue weighted by Crippen LogP contribution is -2.42. The second-order valence-electron chi connectivity index (χ2n) is 11.9. The number of amides is 1. The molecule has 2 heterocycles. The lowest BCUT2D eigenvalue weighted by Gasteiger charge is -2.29. The molecule has 0 radical (unpaired) electrons. The number of aromatic nitrogens is 2. The first kappa shape index (κ1) is 26.2. The molecule has 5 rings (SSSR count). The Bertz CT molecular complexity index is 1320. The zero-order chi connectivity index (χ0) is 26.9. The van der Waals surface area contributed by atoms with Crippen LogP contribution in [0.5, 0.6) is 0 Å². The third kappa shape index (κ3) is 5.84. The highest BCUT2D eigenvalue weighted by molar-refractivity contribution is 5.90. The van der Waals surface area contributed by atoms with Gasteiger partial charge in [-0.1, -0.05) is 37.5 Å². The number of nitrogens with one attached hydrogen (secondary N) is 2. The van der Waals surface area contributed by atoms with Gasteiger partial charge in [-0.3, -0.25) is 4.57 Å². The summed E-state index contributed by atoms with van der Waals surface area (Å²) in [6.45, 7) is 7.93. The maximum atomic E-state index is 13.1. The summed E-state index contributed by atoms with van der Waals surface area (Å²) in [5.41, 5.74) is 4.18. The summed E-state index contributed by atoms with van der Waals surface area (Å²) in [5, 5.41) is 3.57. The fourth-order valence-corrected chi connectivity index (χ4v) is 5.80. The first-order valence-electron chi connectivity index (χ1n) is 14.0. The number of imidazole rings is 1. The molecule has 1 atom stereocenters. The number of para-hydroxylation sites is 1. The van der Waals surface area contributed by atoms with Crippen LogP contribution in [0.4, 0.5) is 21.9 Å². The summed E-state index contributed by atoms with van der Waals surface area (Å²) in [4.78, 5) is 32.9. The van der Waals surface area contributed by atoms with Crippen LogP contribution >= 0.6 is 0 Å². The minimum Gasteiger partial charge on any atom is -0.444 e. The highest BCUT2D eigenvalue weighted by atomic mass is 16.6. The maximum absolute atomic E-state index is 13.1. The van der Waals surface area contributed by atoms with E-state index in [0.717, 1.165) is 47.6 Å². The first-order valence-corrected chi connectivity index (χ1v) is 14.0. The van der Waals surface area contributed by atoms with Crippen LogP contribution < -0.4 is 15.9 Å². The minimum atomic E-state index is -0.530. The Balaban J connectivity index is 1.46. The summed E-state index contributed by atoms with van der Waals surface area (Å²) in [7, 11) is 1.82. The molecule has 0 bridgehead atoms. The lowest BCUT2D eigenvalue weighted by molar-refractivity contribution is 0.0238. The van der Waals surface area contributed by atoms with Gasteiger partial charge in [-0.05, 0) is 70.2 Å². The maximum Gasteiger partial charge on any atom is 0.410 e. The number of likely N-dealkylation sites (N-methyl/N-ethyl adjacent to an activating group) is 1. The summed E-state index contributed by atoms with van der Waals surface area (Å²) in [6, 6.07) is 14.3. The van der Waals surface area contributed by atoms with Gasteiger partial charge in [0.15, 0.2) is 0 Å². The Kier molecular flexibility index (Phi) is 7.41. The van der Waals surface area contributed by atoms with Gasteiger partial charge in [-0.2, -0.15) is 0 Å². The minimum absolute atomic E-state index is 0.0424. The highest BCUT2D eigenvalue weighted by Gasteiger charge is 2.32. The quantitative estimate of drug-likeness (QED) is 0.411. The molecule has 1 aromatic heterocycles. The molecule has 2 aliphatic rings. The van der Waals surface area contributed by atoms with E-state index >= 15 is 0 Å². The largest absolute Gasteiger partial charge is 0.444 e. The number of ether oxygens (including phenoxy) is 1. The number of aromatic amines is 1. The molecule has 3 aromatic rings. The molecule has 1 saturated heterocycles. The van der Waals surface area contributed by atoms with Crippen LogP contribution in [-0.4, -0.2) is 52.3 Å². The van der Waals surface area contributed by atoms with Crippen molar-refractivity contribution >= 4 is 34.2 Å². The van der Waals surface area contributed by atoms with Crippen LogP contribution in [0.2, 0.25) is 0 Å². The molecule has 1 aliphatic heterocycles. The van der Waals surface area contributed by atoms with Crippen LogP contribution in [0, 0.1) is 5.92 Å². The molecule has 2 N–H and O–H groups in total. The molecule has 204 valence electrons. The molecule has 1 amide bonds. The van der Waals surface area contributed by atoms with E-state index in [4.69, 9.17) is 4.74 Å². The van der Waals surface area contributed by atoms with Crippen molar-refractivity contribution in [1.29, 1.82) is 0 Å². The zero-order valence-electron chi connectivity index (χ0n) is 23.1. The number of anilines is 3. The Morgan fingerprint density at radius 3 is 2.55 bits per heavy atom. The molecule has 1 saturated carbocycles. The standard InChI is InChI=1S/C30H41N5O3/c1-30(2,3)38-29(37)33(4)23-15-16-34(20-23)26-18-27-25(17-24(26)31-22-13-9-6-10-14-22)32-28(36)35(27)19-21-11-7-5-8-12-21/h6,9-10,13-14,17-18,21,23,31H,5,7-8,11-12,15-16,19-20H2,1-4H3,(H,32,36). The van der Waals surface area contributed by atoms with Crippen molar-refractivity contribution in [3.05, 3.63) is 52.9 Å². The number of rotatable bonds is 6. The number of benzene rings is 2. The highest BCUT2D eigenvalue weighted by Crippen LogP contribution is 2.36. The monoisotopic (exact) mass is 519 g/mol. The Morgan fingerprint density at radius 1 is 1.11 bits per heavy atom. The predicted molar refractivity (Wildman–Crippen MR) is 153 cm³/mol. The van der Waals surface area contributed by atoms with Crippen LogP contribution in [0.15, 0.2) is 47.3 Å². The topological polar surface area (TPSA) is 82.6 Å². The van der Waals surface area contributed by atoms with E-state index in [1.54, 1.807) is 4.90 Å².